The molecule has 1 atom stereocenters. The van der Waals surface area contributed by atoms with Gasteiger partial charge in [0.25, 0.3) is 0 Å². The summed E-state index contributed by atoms with van der Waals surface area (Å²) in [5.41, 5.74) is 0. The zero-order valence-corrected chi connectivity index (χ0v) is 11.3. The first-order valence-corrected chi connectivity index (χ1v) is 6.59. The summed E-state index contributed by atoms with van der Waals surface area (Å²) in [5.74, 6) is -3.02. The van der Waals surface area contributed by atoms with E-state index in [0.29, 0.717) is 0 Å². The van der Waals surface area contributed by atoms with Gasteiger partial charge in [-0.25, -0.2) is 8.78 Å². The minimum absolute atomic E-state index is 0.0189. The molecule has 1 fully saturated rings. The molecule has 1 saturated carbocycles. The predicted octanol–water partition coefficient (Wildman–Crippen LogP) is 2.43. The summed E-state index contributed by atoms with van der Waals surface area (Å²) in [6.45, 7) is 5.64. The molecule has 0 bridgehead atoms. The van der Waals surface area contributed by atoms with E-state index < -0.39 is 12.0 Å². The molecule has 0 saturated heterocycles. The number of aliphatic hydroxyl groups is 1. The third kappa shape index (κ3) is 4.19. The standard InChI is InChI=1S/C13H23F2NO2/c1-9(2)16(8-10(3)17)12(18)11-4-6-13(14,15)7-5-11/h9-11,17H,4-8H2,1-3H3. The van der Waals surface area contributed by atoms with Gasteiger partial charge >= 0.3 is 0 Å². The van der Waals surface area contributed by atoms with Gasteiger partial charge < -0.3 is 10.0 Å². The third-order valence-electron chi connectivity index (χ3n) is 3.43. The van der Waals surface area contributed by atoms with Crippen molar-refractivity contribution < 1.29 is 18.7 Å². The molecule has 1 rings (SSSR count). The van der Waals surface area contributed by atoms with Crippen LogP contribution in [0.5, 0.6) is 0 Å². The van der Waals surface area contributed by atoms with Crippen LogP contribution in [0.4, 0.5) is 8.78 Å². The van der Waals surface area contributed by atoms with Crippen molar-refractivity contribution in [1.82, 2.24) is 4.90 Å². The van der Waals surface area contributed by atoms with Crippen LogP contribution in [0.3, 0.4) is 0 Å². The summed E-state index contributed by atoms with van der Waals surface area (Å²) >= 11 is 0. The van der Waals surface area contributed by atoms with Crippen molar-refractivity contribution >= 4 is 5.91 Å². The molecule has 0 heterocycles. The fourth-order valence-corrected chi connectivity index (χ4v) is 2.36. The van der Waals surface area contributed by atoms with Gasteiger partial charge in [0.15, 0.2) is 0 Å². The zero-order chi connectivity index (χ0) is 13.9. The van der Waals surface area contributed by atoms with Crippen molar-refractivity contribution in [3.8, 4) is 0 Å². The summed E-state index contributed by atoms with van der Waals surface area (Å²) in [4.78, 5) is 13.9. The molecule has 18 heavy (non-hydrogen) atoms. The number of carbonyl (C=O) groups excluding carboxylic acids is 1. The third-order valence-corrected chi connectivity index (χ3v) is 3.43. The molecule has 0 aliphatic heterocycles. The second kappa shape index (κ2) is 5.95. The van der Waals surface area contributed by atoms with Crippen LogP contribution in [-0.2, 0) is 4.79 Å². The number of aliphatic hydroxyl groups excluding tert-OH is 1. The fourth-order valence-electron chi connectivity index (χ4n) is 2.36. The van der Waals surface area contributed by atoms with Crippen molar-refractivity contribution in [1.29, 1.82) is 0 Å². The summed E-state index contributed by atoms with van der Waals surface area (Å²) in [6, 6.07) is -0.0189. The molecule has 3 nitrogen and oxygen atoms in total. The van der Waals surface area contributed by atoms with Gasteiger partial charge in [-0.1, -0.05) is 0 Å². The quantitative estimate of drug-likeness (QED) is 0.846. The molecule has 1 unspecified atom stereocenters. The van der Waals surface area contributed by atoms with Crippen molar-refractivity contribution in [3.05, 3.63) is 0 Å². The van der Waals surface area contributed by atoms with Gasteiger partial charge in [0.1, 0.15) is 0 Å². The first-order chi connectivity index (χ1) is 8.23. The average Bonchev–Trinajstić information content (AvgIpc) is 2.24. The Kier molecular flexibility index (Phi) is 5.08. The molecule has 0 aromatic heterocycles. The highest BCUT2D eigenvalue weighted by Crippen LogP contribution is 2.37. The van der Waals surface area contributed by atoms with Gasteiger partial charge in [0.05, 0.1) is 6.10 Å². The lowest BCUT2D eigenvalue weighted by molar-refractivity contribution is -0.142. The number of amides is 1. The minimum atomic E-state index is -2.61. The maximum Gasteiger partial charge on any atom is 0.248 e. The Bertz CT molecular complexity index is 283. The normalized spacial score (nSPS) is 21.9. The highest BCUT2D eigenvalue weighted by atomic mass is 19.3. The van der Waals surface area contributed by atoms with Crippen LogP contribution in [0, 0.1) is 5.92 Å². The Balaban J connectivity index is 2.61. The molecule has 1 aliphatic carbocycles. The highest BCUT2D eigenvalue weighted by Gasteiger charge is 2.39. The van der Waals surface area contributed by atoms with Crippen LogP contribution in [0.15, 0.2) is 0 Å². The summed E-state index contributed by atoms with van der Waals surface area (Å²) in [6.07, 6.45) is -0.515. The lowest BCUT2D eigenvalue weighted by Gasteiger charge is -2.34. The van der Waals surface area contributed by atoms with Crippen LogP contribution in [0.1, 0.15) is 46.5 Å². The number of halogens is 2. The number of hydrogen-bond acceptors (Lipinski definition) is 2. The molecule has 0 aromatic rings. The smallest absolute Gasteiger partial charge is 0.248 e. The van der Waals surface area contributed by atoms with Crippen LogP contribution in [0.25, 0.3) is 0 Å². The van der Waals surface area contributed by atoms with Gasteiger partial charge in [0, 0.05) is 31.3 Å². The number of nitrogens with zero attached hydrogens (tertiary/aromatic N) is 1. The first kappa shape index (κ1) is 15.3. The SMILES string of the molecule is CC(O)CN(C(=O)C1CCC(F)(F)CC1)C(C)C. The molecule has 0 aromatic carbocycles. The summed E-state index contributed by atoms with van der Waals surface area (Å²) in [7, 11) is 0. The molecule has 106 valence electrons. The summed E-state index contributed by atoms with van der Waals surface area (Å²) < 4.78 is 26.1. The van der Waals surface area contributed by atoms with Crippen LogP contribution in [0.2, 0.25) is 0 Å². The Morgan fingerprint density at radius 3 is 2.22 bits per heavy atom. The van der Waals surface area contributed by atoms with Gasteiger partial charge in [-0.3, -0.25) is 4.79 Å². The molecular formula is C13H23F2NO2. The van der Waals surface area contributed by atoms with Gasteiger partial charge in [0.2, 0.25) is 11.8 Å². The zero-order valence-electron chi connectivity index (χ0n) is 11.3. The lowest BCUT2D eigenvalue weighted by Crippen LogP contribution is -2.45. The minimum Gasteiger partial charge on any atom is -0.392 e. The molecule has 0 radical (unpaired) electrons. The van der Waals surface area contributed by atoms with E-state index in [1.165, 1.54) is 0 Å². The van der Waals surface area contributed by atoms with E-state index >= 15 is 0 Å². The highest BCUT2D eigenvalue weighted by molar-refractivity contribution is 5.79. The largest absolute Gasteiger partial charge is 0.392 e. The first-order valence-electron chi connectivity index (χ1n) is 6.59. The molecule has 1 amide bonds. The Labute approximate surface area is 107 Å². The van der Waals surface area contributed by atoms with Gasteiger partial charge in [-0.15, -0.1) is 0 Å². The average molecular weight is 263 g/mol. The molecule has 1 aliphatic rings. The molecule has 5 heteroatoms. The van der Waals surface area contributed by atoms with Crippen molar-refractivity contribution in [2.45, 2.75) is 64.5 Å². The van der Waals surface area contributed by atoms with Gasteiger partial charge in [-0.2, -0.15) is 0 Å². The van der Waals surface area contributed by atoms with E-state index in [1.54, 1.807) is 11.8 Å². The van der Waals surface area contributed by atoms with E-state index in [2.05, 4.69) is 0 Å². The maximum atomic E-state index is 13.0. The lowest BCUT2D eigenvalue weighted by atomic mass is 9.85. The Morgan fingerprint density at radius 1 is 1.33 bits per heavy atom. The van der Waals surface area contributed by atoms with E-state index in [-0.39, 0.29) is 50.1 Å². The molecular weight excluding hydrogens is 240 g/mol. The van der Waals surface area contributed by atoms with E-state index in [4.69, 9.17) is 0 Å². The monoisotopic (exact) mass is 263 g/mol. The van der Waals surface area contributed by atoms with Crippen molar-refractivity contribution in [2.24, 2.45) is 5.92 Å². The number of carbonyl (C=O) groups is 1. The summed E-state index contributed by atoms with van der Waals surface area (Å²) in [5, 5.41) is 9.39. The molecule has 1 N–H and O–H groups in total. The van der Waals surface area contributed by atoms with Crippen LogP contribution in [-0.4, -0.2) is 40.5 Å². The second-order valence-corrected chi connectivity index (χ2v) is 5.56. The van der Waals surface area contributed by atoms with E-state index in [0.717, 1.165) is 0 Å². The number of rotatable bonds is 4. The van der Waals surface area contributed by atoms with Crippen LogP contribution >= 0.6 is 0 Å². The van der Waals surface area contributed by atoms with E-state index in [9.17, 15) is 18.7 Å². The van der Waals surface area contributed by atoms with Crippen LogP contribution < -0.4 is 0 Å². The topological polar surface area (TPSA) is 40.5 Å². The Hall–Kier alpha value is -0.710. The van der Waals surface area contributed by atoms with Crippen molar-refractivity contribution in [3.63, 3.8) is 0 Å². The van der Waals surface area contributed by atoms with Gasteiger partial charge in [-0.05, 0) is 33.6 Å². The predicted molar refractivity (Wildman–Crippen MR) is 65.4 cm³/mol. The maximum absolute atomic E-state index is 13.0. The number of alkyl halides is 2. The van der Waals surface area contributed by atoms with Crippen molar-refractivity contribution in [2.75, 3.05) is 6.54 Å². The second-order valence-electron chi connectivity index (χ2n) is 5.56. The fraction of sp³-hybridized carbons (Fsp3) is 0.923. The molecule has 0 spiro atoms. The Morgan fingerprint density at radius 2 is 1.83 bits per heavy atom. The van der Waals surface area contributed by atoms with E-state index in [1.807, 2.05) is 13.8 Å². The number of hydrogen-bond donors (Lipinski definition) is 1.